The second kappa shape index (κ2) is 29.6. The van der Waals surface area contributed by atoms with Gasteiger partial charge in [-0.15, -0.1) is 0 Å². The average Bonchev–Trinajstić information content (AvgIpc) is 3.07. The van der Waals surface area contributed by atoms with Crippen molar-refractivity contribution in [3.05, 3.63) is 0 Å². The van der Waals surface area contributed by atoms with Gasteiger partial charge >= 0.3 is 11.9 Å². The van der Waals surface area contributed by atoms with Gasteiger partial charge in [0, 0.05) is 12.8 Å². The maximum atomic E-state index is 12.7. The van der Waals surface area contributed by atoms with Crippen LogP contribution >= 0.6 is 0 Å². The quantitative estimate of drug-likeness (QED) is 0.0464. The lowest BCUT2D eigenvalue weighted by molar-refractivity contribution is -0.305. The van der Waals surface area contributed by atoms with Gasteiger partial charge in [-0.3, -0.25) is 9.59 Å². The molecule has 1 fully saturated rings. The zero-order valence-electron chi connectivity index (χ0n) is 29.8. The smallest absolute Gasteiger partial charge is 0.306 e. The van der Waals surface area contributed by atoms with E-state index in [0.717, 1.165) is 38.5 Å². The van der Waals surface area contributed by atoms with Crippen LogP contribution in [0.4, 0.5) is 0 Å². The van der Waals surface area contributed by atoms with Gasteiger partial charge in [0.1, 0.15) is 31.0 Å². The van der Waals surface area contributed by atoms with Crippen LogP contribution in [-0.4, -0.2) is 89.0 Å². The largest absolute Gasteiger partial charge is 0.462 e. The fourth-order valence-electron chi connectivity index (χ4n) is 5.89. The number of aliphatic hydroxyl groups is 4. The molecule has 0 spiro atoms. The summed E-state index contributed by atoms with van der Waals surface area (Å²) in [5, 5.41) is 39.8. The lowest BCUT2D eigenvalue weighted by atomic mass is 9.99. The van der Waals surface area contributed by atoms with Crippen molar-refractivity contribution in [2.75, 3.05) is 19.8 Å². The summed E-state index contributed by atoms with van der Waals surface area (Å²) < 4.78 is 22.0. The van der Waals surface area contributed by atoms with Crippen molar-refractivity contribution in [2.45, 2.75) is 205 Å². The SMILES string of the molecule is CCCCCCCCCCCCCCCCC(=O)OC(COC(=O)CCCCCCCCCC)COC1OC(CO)C(O)C(O)C1O. The molecule has 1 aliphatic rings. The van der Waals surface area contributed by atoms with Gasteiger partial charge in [0.15, 0.2) is 12.4 Å². The van der Waals surface area contributed by atoms with Gasteiger partial charge in [0.2, 0.25) is 0 Å². The van der Waals surface area contributed by atoms with E-state index < -0.39 is 49.4 Å². The van der Waals surface area contributed by atoms with E-state index in [4.69, 9.17) is 18.9 Å². The molecule has 0 saturated carbocycles. The molecule has 6 unspecified atom stereocenters. The number of rotatable bonds is 31. The van der Waals surface area contributed by atoms with Gasteiger partial charge in [-0.25, -0.2) is 0 Å². The van der Waals surface area contributed by atoms with Crippen LogP contribution in [0.2, 0.25) is 0 Å². The molecule has 0 aromatic rings. The Balaban J connectivity index is 2.38. The van der Waals surface area contributed by atoms with Crippen molar-refractivity contribution in [1.82, 2.24) is 0 Å². The van der Waals surface area contributed by atoms with E-state index in [9.17, 15) is 30.0 Å². The topological polar surface area (TPSA) is 152 Å². The highest BCUT2D eigenvalue weighted by atomic mass is 16.7. The monoisotopic (exact) mass is 674 g/mol. The maximum Gasteiger partial charge on any atom is 0.306 e. The van der Waals surface area contributed by atoms with E-state index in [2.05, 4.69) is 13.8 Å². The lowest BCUT2D eigenvalue weighted by Crippen LogP contribution is -2.59. The molecule has 0 amide bonds. The predicted octanol–water partition coefficient (Wildman–Crippen LogP) is 6.66. The van der Waals surface area contributed by atoms with Crippen LogP contribution in [0.3, 0.4) is 0 Å². The Labute approximate surface area is 285 Å². The van der Waals surface area contributed by atoms with Crippen LogP contribution < -0.4 is 0 Å². The number of esters is 2. The molecule has 1 aliphatic heterocycles. The number of hydrogen-bond donors (Lipinski definition) is 4. The first-order chi connectivity index (χ1) is 22.8. The number of carbonyl (C=O) groups is 2. The standard InChI is InChI=1S/C37H70O10/c1-3-5-7-9-11-13-14-15-16-17-18-20-22-24-26-33(40)46-30(28-44-32(39)25-23-21-19-12-10-8-6-4-2)29-45-37-36(43)35(42)34(41)31(27-38)47-37/h30-31,34-38,41-43H,3-29H2,1-2H3. The Morgan fingerprint density at radius 2 is 1.00 bits per heavy atom. The van der Waals surface area contributed by atoms with Crippen LogP contribution in [0.15, 0.2) is 0 Å². The van der Waals surface area contributed by atoms with E-state index in [1.54, 1.807) is 0 Å². The number of hydrogen-bond acceptors (Lipinski definition) is 10. The first kappa shape index (κ1) is 43.7. The highest BCUT2D eigenvalue weighted by Gasteiger charge is 2.44. The third-order valence-corrected chi connectivity index (χ3v) is 8.99. The van der Waals surface area contributed by atoms with Gasteiger partial charge in [0.05, 0.1) is 13.2 Å². The molecule has 4 N–H and O–H groups in total. The Morgan fingerprint density at radius 3 is 1.45 bits per heavy atom. The van der Waals surface area contributed by atoms with Crippen LogP contribution in [0, 0.1) is 0 Å². The minimum absolute atomic E-state index is 0.211. The Bertz CT molecular complexity index is 749. The zero-order chi connectivity index (χ0) is 34.5. The van der Waals surface area contributed by atoms with E-state index in [1.807, 2.05) is 0 Å². The first-order valence-electron chi connectivity index (χ1n) is 19.1. The van der Waals surface area contributed by atoms with Crippen LogP contribution in [0.1, 0.15) is 168 Å². The van der Waals surface area contributed by atoms with E-state index in [-0.39, 0.29) is 32.0 Å². The van der Waals surface area contributed by atoms with Crippen molar-refractivity contribution in [2.24, 2.45) is 0 Å². The van der Waals surface area contributed by atoms with Gasteiger partial charge in [-0.2, -0.15) is 0 Å². The number of ether oxygens (including phenoxy) is 4. The molecular weight excluding hydrogens is 604 g/mol. The Hall–Kier alpha value is -1.30. The second-order valence-corrected chi connectivity index (χ2v) is 13.4. The van der Waals surface area contributed by atoms with Gasteiger partial charge in [-0.05, 0) is 12.8 Å². The van der Waals surface area contributed by atoms with Crippen molar-refractivity contribution in [3.63, 3.8) is 0 Å². The summed E-state index contributed by atoms with van der Waals surface area (Å²) in [5.41, 5.74) is 0. The van der Waals surface area contributed by atoms with Crippen molar-refractivity contribution >= 4 is 11.9 Å². The molecule has 10 nitrogen and oxygen atoms in total. The van der Waals surface area contributed by atoms with Gasteiger partial charge in [0.25, 0.3) is 0 Å². The number of aliphatic hydroxyl groups excluding tert-OH is 4. The van der Waals surface area contributed by atoms with E-state index in [1.165, 1.54) is 96.3 Å². The first-order valence-corrected chi connectivity index (χ1v) is 19.1. The third-order valence-electron chi connectivity index (χ3n) is 8.99. The van der Waals surface area contributed by atoms with E-state index >= 15 is 0 Å². The van der Waals surface area contributed by atoms with Crippen LogP contribution in [0.25, 0.3) is 0 Å². The zero-order valence-corrected chi connectivity index (χ0v) is 29.8. The van der Waals surface area contributed by atoms with Crippen LogP contribution in [0.5, 0.6) is 0 Å². The fourth-order valence-corrected chi connectivity index (χ4v) is 5.89. The average molecular weight is 675 g/mol. The lowest BCUT2D eigenvalue weighted by Gasteiger charge is -2.39. The Morgan fingerprint density at radius 1 is 0.574 bits per heavy atom. The molecule has 0 radical (unpaired) electrons. The summed E-state index contributed by atoms with van der Waals surface area (Å²) in [7, 11) is 0. The predicted molar refractivity (Wildman–Crippen MR) is 183 cm³/mol. The molecular formula is C37H70O10. The molecule has 1 saturated heterocycles. The highest BCUT2D eigenvalue weighted by molar-refractivity contribution is 5.70. The summed E-state index contributed by atoms with van der Waals surface area (Å²) in [5.74, 6) is -0.803. The van der Waals surface area contributed by atoms with Crippen molar-refractivity contribution < 1.29 is 49.0 Å². The molecule has 6 atom stereocenters. The highest BCUT2D eigenvalue weighted by Crippen LogP contribution is 2.22. The van der Waals surface area contributed by atoms with Gasteiger partial charge < -0.3 is 39.4 Å². The summed E-state index contributed by atoms with van der Waals surface area (Å²) in [6.07, 6.45) is 18.4. The minimum Gasteiger partial charge on any atom is -0.462 e. The molecule has 10 heteroatoms. The normalized spacial score (nSPS) is 21.9. The molecule has 1 rings (SSSR count). The number of carbonyl (C=O) groups excluding carboxylic acids is 2. The second-order valence-electron chi connectivity index (χ2n) is 13.4. The molecule has 278 valence electrons. The van der Waals surface area contributed by atoms with Crippen LogP contribution in [-0.2, 0) is 28.5 Å². The van der Waals surface area contributed by atoms with Crippen molar-refractivity contribution in [1.29, 1.82) is 0 Å². The molecule has 0 bridgehead atoms. The minimum atomic E-state index is -1.59. The maximum absolute atomic E-state index is 12.7. The summed E-state index contributed by atoms with van der Waals surface area (Å²) in [6.45, 7) is 3.38. The summed E-state index contributed by atoms with van der Waals surface area (Å²) in [6, 6.07) is 0. The molecule has 0 aromatic carbocycles. The fraction of sp³-hybridized carbons (Fsp3) is 0.946. The Kier molecular flexibility index (Phi) is 27.5. The van der Waals surface area contributed by atoms with E-state index in [0.29, 0.717) is 6.42 Å². The van der Waals surface area contributed by atoms with Crippen molar-refractivity contribution in [3.8, 4) is 0 Å². The molecule has 0 aromatic heterocycles. The molecule has 0 aliphatic carbocycles. The number of unbranched alkanes of at least 4 members (excludes halogenated alkanes) is 20. The summed E-state index contributed by atoms with van der Waals surface area (Å²) >= 11 is 0. The summed E-state index contributed by atoms with van der Waals surface area (Å²) in [4.78, 5) is 25.0. The molecule has 47 heavy (non-hydrogen) atoms. The molecule has 1 heterocycles. The third kappa shape index (κ3) is 22.1. The van der Waals surface area contributed by atoms with Gasteiger partial charge in [-0.1, -0.05) is 142 Å².